The van der Waals surface area contributed by atoms with E-state index in [2.05, 4.69) is 57.8 Å². The van der Waals surface area contributed by atoms with Crippen LogP contribution in [0.1, 0.15) is 30.0 Å². The first-order valence-corrected chi connectivity index (χ1v) is 14.4. The Morgan fingerprint density at radius 3 is 2.40 bits per heavy atom. The fourth-order valence-electron chi connectivity index (χ4n) is 8.08. The van der Waals surface area contributed by atoms with Crippen LogP contribution in [0.4, 0.5) is 5.69 Å². The van der Waals surface area contributed by atoms with Crippen molar-refractivity contribution in [1.82, 2.24) is 4.90 Å². The van der Waals surface area contributed by atoms with Crippen LogP contribution >= 0.6 is 0 Å². The second kappa shape index (κ2) is 9.54. The van der Waals surface area contributed by atoms with Gasteiger partial charge in [0.05, 0.1) is 6.04 Å². The fourth-order valence-corrected chi connectivity index (χ4v) is 8.08. The molecule has 7 heteroatoms. The van der Waals surface area contributed by atoms with E-state index in [-0.39, 0.29) is 30.1 Å². The highest BCUT2D eigenvalue weighted by Crippen LogP contribution is 2.58. The zero-order valence-electron chi connectivity index (χ0n) is 25.5. The molecule has 0 bridgehead atoms. The highest BCUT2D eigenvalue weighted by molar-refractivity contribution is 5.92. The number of hydrogen-bond acceptors (Lipinski definition) is 7. The molecule has 220 valence electrons. The molecule has 1 aliphatic heterocycles. The third-order valence-electron chi connectivity index (χ3n) is 9.93. The summed E-state index contributed by atoms with van der Waals surface area (Å²) in [4.78, 5) is 4.12. The maximum atomic E-state index is 12.6. The molecule has 1 heterocycles. The lowest BCUT2D eigenvalue weighted by Gasteiger charge is -2.54. The minimum absolute atomic E-state index is 0.121. The van der Waals surface area contributed by atoms with Gasteiger partial charge in [0.25, 0.3) is 0 Å². The smallest absolute Gasteiger partial charge is 0.231 e. The lowest BCUT2D eigenvalue weighted by atomic mass is 9.55. The van der Waals surface area contributed by atoms with Crippen molar-refractivity contribution >= 4 is 11.3 Å². The molecule has 4 aliphatic rings. The second-order valence-corrected chi connectivity index (χ2v) is 12.6. The lowest BCUT2D eigenvalue weighted by Crippen LogP contribution is -2.58. The number of hydrogen-bond donors (Lipinski definition) is 3. The number of anilines is 1. The van der Waals surface area contributed by atoms with E-state index in [0.29, 0.717) is 17.6 Å². The minimum atomic E-state index is -1.40. The standard InChI is InChI=1S/C35H41N3O4/c1-17-24(22-10-11-28-29(14-22)42-16-41-28)15-27(37(6)7)25-12-23-13-26-33(38(8)9)34(39)32(21(5)36)20(4)35(26,40)19(3)31(23)18(2)30(17)25/h10-11,14-15,23,26,33,39-40H,2,4-5,12-13,16,36H2,1,3,6-9H3/t23-,26?,33?,35-/m0/s1. The van der Waals surface area contributed by atoms with Crippen molar-refractivity contribution in [1.29, 1.82) is 0 Å². The van der Waals surface area contributed by atoms with Crippen molar-refractivity contribution in [3.05, 3.63) is 94.4 Å². The number of nitrogens with two attached hydrogens (primary N) is 1. The zero-order valence-corrected chi connectivity index (χ0v) is 25.5. The van der Waals surface area contributed by atoms with E-state index in [0.717, 1.165) is 62.6 Å². The quantitative estimate of drug-likeness (QED) is 0.450. The number of ether oxygens (including phenoxy) is 2. The molecule has 0 saturated carbocycles. The van der Waals surface area contributed by atoms with Crippen LogP contribution in [0.25, 0.3) is 16.7 Å². The average Bonchev–Trinajstić information content (AvgIpc) is 3.38. The number of benzene rings is 2. The second-order valence-electron chi connectivity index (χ2n) is 12.6. The Morgan fingerprint density at radius 1 is 1.07 bits per heavy atom. The number of fused-ring (bicyclic) bond motifs is 4. The number of nitrogens with zero attached hydrogens (tertiary/aromatic N) is 2. The molecule has 4 N–H and O–H groups in total. The molecule has 6 rings (SSSR count). The highest BCUT2D eigenvalue weighted by atomic mass is 16.7. The molecular weight excluding hydrogens is 526 g/mol. The normalized spacial score (nSPS) is 26.3. The third kappa shape index (κ3) is 3.73. The van der Waals surface area contributed by atoms with E-state index >= 15 is 0 Å². The van der Waals surface area contributed by atoms with Crippen LogP contribution in [0.5, 0.6) is 11.5 Å². The Kier molecular flexibility index (Phi) is 6.41. The summed E-state index contributed by atoms with van der Waals surface area (Å²) >= 11 is 0. The van der Waals surface area contributed by atoms with Crippen LogP contribution in [-0.4, -0.2) is 61.7 Å². The van der Waals surface area contributed by atoms with Crippen molar-refractivity contribution < 1.29 is 19.7 Å². The molecule has 0 amide bonds. The molecule has 0 fully saturated rings. The molecule has 7 nitrogen and oxygen atoms in total. The van der Waals surface area contributed by atoms with Crippen LogP contribution in [0.15, 0.2) is 77.8 Å². The molecule has 2 unspecified atom stereocenters. The van der Waals surface area contributed by atoms with Gasteiger partial charge in [-0.25, -0.2) is 0 Å². The van der Waals surface area contributed by atoms with E-state index in [1.165, 1.54) is 5.56 Å². The minimum Gasteiger partial charge on any atom is -0.510 e. The summed E-state index contributed by atoms with van der Waals surface area (Å²) in [7, 11) is 7.98. The van der Waals surface area contributed by atoms with Crippen molar-refractivity contribution in [3.8, 4) is 22.6 Å². The van der Waals surface area contributed by atoms with Crippen molar-refractivity contribution in [3.63, 3.8) is 0 Å². The monoisotopic (exact) mass is 567 g/mol. The SMILES string of the molecule is C=C(N)C1=C(O)C(N(C)C)C2C[C@@H]3Cc4c(N(C)C)cc(-c5ccc6c(c5)OCO6)c(C)c4C(=C)C3=C(C)[C@]2(O)C1=C. The Balaban J connectivity index is 1.56. The average molecular weight is 568 g/mol. The van der Waals surface area contributed by atoms with Gasteiger partial charge in [0, 0.05) is 37.0 Å². The van der Waals surface area contributed by atoms with E-state index in [1.54, 1.807) is 0 Å². The van der Waals surface area contributed by atoms with Crippen LogP contribution in [0.3, 0.4) is 0 Å². The van der Waals surface area contributed by atoms with Crippen LogP contribution in [0.2, 0.25) is 0 Å². The summed E-state index contributed by atoms with van der Waals surface area (Å²) in [6.07, 6.45) is 1.46. The summed E-state index contributed by atoms with van der Waals surface area (Å²) in [5.41, 5.74) is 15.3. The molecule has 2 aromatic rings. The molecule has 42 heavy (non-hydrogen) atoms. The Labute approximate surface area is 248 Å². The van der Waals surface area contributed by atoms with E-state index in [4.69, 9.17) is 15.2 Å². The Morgan fingerprint density at radius 2 is 1.76 bits per heavy atom. The molecular formula is C35H41N3O4. The summed E-state index contributed by atoms with van der Waals surface area (Å²) in [6.45, 7) is 17.3. The number of likely N-dealkylation sites (N-methyl/N-ethyl adjacent to an activating group) is 1. The van der Waals surface area contributed by atoms with Gasteiger partial charge in [0.2, 0.25) is 6.79 Å². The summed E-state index contributed by atoms with van der Waals surface area (Å²) in [5.74, 6) is 1.42. The zero-order chi connectivity index (χ0) is 30.4. The van der Waals surface area contributed by atoms with Crippen molar-refractivity contribution in [2.45, 2.75) is 38.3 Å². The molecule has 0 spiro atoms. The van der Waals surface area contributed by atoms with E-state index < -0.39 is 11.6 Å². The third-order valence-corrected chi connectivity index (χ3v) is 9.93. The van der Waals surface area contributed by atoms with Gasteiger partial charge in [-0.3, -0.25) is 4.90 Å². The van der Waals surface area contributed by atoms with Gasteiger partial charge in [-0.05, 0) is 115 Å². The molecule has 4 atom stereocenters. The summed E-state index contributed by atoms with van der Waals surface area (Å²) in [6, 6.07) is 7.89. The number of aliphatic hydroxyl groups excluding tert-OH is 1. The molecule has 0 saturated heterocycles. The van der Waals surface area contributed by atoms with E-state index in [9.17, 15) is 10.2 Å². The molecule has 3 aliphatic carbocycles. The molecule has 0 radical (unpaired) electrons. The first-order valence-electron chi connectivity index (χ1n) is 14.4. The lowest BCUT2D eigenvalue weighted by molar-refractivity contribution is -0.0178. The van der Waals surface area contributed by atoms with Gasteiger partial charge in [-0.15, -0.1) is 0 Å². The predicted octanol–water partition coefficient (Wildman–Crippen LogP) is 5.49. The van der Waals surface area contributed by atoms with Crippen molar-refractivity contribution in [2.24, 2.45) is 17.6 Å². The molecule has 0 aromatic heterocycles. The van der Waals surface area contributed by atoms with Gasteiger partial charge in [0.1, 0.15) is 11.4 Å². The van der Waals surface area contributed by atoms with Gasteiger partial charge in [-0.1, -0.05) is 25.8 Å². The summed E-state index contributed by atoms with van der Waals surface area (Å²) < 4.78 is 11.2. The predicted molar refractivity (Wildman–Crippen MR) is 169 cm³/mol. The highest BCUT2D eigenvalue weighted by Gasteiger charge is 2.57. The first-order chi connectivity index (χ1) is 19.8. The maximum absolute atomic E-state index is 12.6. The van der Waals surface area contributed by atoms with Gasteiger partial charge in [0.15, 0.2) is 11.5 Å². The number of aliphatic hydroxyl groups is 2. The van der Waals surface area contributed by atoms with E-state index in [1.807, 2.05) is 38.1 Å². The Bertz CT molecular complexity index is 1650. The van der Waals surface area contributed by atoms with Gasteiger partial charge < -0.3 is 30.3 Å². The first kappa shape index (κ1) is 28.2. The van der Waals surface area contributed by atoms with Crippen LogP contribution in [0, 0.1) is 18.8 Å². The fraction of sp³-hybridized carbons (Fsp3) is 0.371. The number of rotatable bonds is 4. The van der Waals surface area contributed by atoms with Crippen molar-refractivity contribution in [2.75, 3.05) is 39.9 Å². The van der Waals surface area contributed by atoms with Gasteiger partial charge in [-0.2, -0.15) is 0 Å². The topological polar surface area (TPSA) is 91.4 Å². The number of allylic oxidation sites excluding steroid dienone is 3. The Hall–Kier alpha value is -3.94. The largest absolute Gasteiger partial charge is 0.510 e. The van der Waals surface area contributed by atoms with Crippen LogP contribution < -0.4 is 20.1 Å². The van der Waals surface area contributed by atoms with Crippen LogP contribution in [-0.2, 0) is 6.42 Å². The van der Waals surface area contributed by atoms with Gasteiger partial charge >= 0.3 is 0 Å². The maximum Gasteiger partial charge on any atom is 0.231 e. The molecule has 2 aromatic carbocycles. The summed E-state index contributed by atoms with van der Waals surface area (Å²) in [5, 5.41) is 24.0.